The molecule has 1 N–H and O–H groups in total. The fourth-order valence-corrected chi connectivity index (χ4v) is 5.42. The van der Waals surface area contributed by atoms with E-state index in [4.69, 9.17) is 4.74 Å². The van der Waals surface area contributed by atoms with Crippen LogP contribution in [0.4, 0.5) is 0 Å². The van der Waals surface area contributed by atoms with Gasteiger partial charge in [0, 0.05) is 29.1 Å². The molecule has 6 heteroatoms. The van der Waals surface area contributed by atoms with Crippen molar-refractivity contribution < 1.29 is 9.84 Å². The van der Waals surface area contributed by atoms with Crippen LogP contribution in [0.5, 0.6) is 5.75 Å². The van der Waals surface area contributed by atoms with Gasteiger partial charge in [-0.05, 0) is 6.42 Å². The monoisotopic (exact) mass is 288 g/mol. The summed E-state index contributed by atoms with van der Waals surface area (Å²) in [5.74, 6) is 2.95. The Labute approximate surface area is 116 Å². The average Bonchev–Trinajstić information content (AvgIpc) is 2.79. The van der Waals surface area contributed by atoms with Crippen LogP contribution in [0.25, 0.3) is 0 Å². The molecular formula is C12H20N2O2S2. The SMILES string of the molecule is CCC1SCCSC1C(O)c1c(OC)cnn1C. The lowest BCUT2D eigenvalue weighted by Crippen LogP contribution is -2.32. The molecule has 0 aromatic carbocycles. The van der Waals surface area contributed by atoms with Crippen molar-refractivity contribution in [3.05, 3.63) is 11.9 Å². The van der Waals surface area contributed by atoms with Crippen LogP contribution >= 0.6 is 23.5 Å². The first kappa shape index (κ1) is 14.1. The van der Waals surface area contributed by atoms with Gasteiger partial charge in [-0.1, -0.05) is 6.92 Å². The zero-order valence-corrected chi connectivity index (χ0v) is 12.6. The lowest BCUT2D eigenvalue weighted by atomic mass is 10.1. The van der Waals surface area contributed by atoms with Crippen LogP contribution in [0, 0.1) is 0 Å². The zero-order chi connectivity index (χ0) is 13.1. The van der Waals surface area contributed by atoms with E-state index >= 15 is 0 Å². The molecule has 1 aromatic rings. The third-order valence-corrected chi connectivity index (χ3v) is 6.59. The molecule has 1 aromatic heterocycles. The second kappa shape index (κ2) is 6.21. The Morgan fingerprint density at radius 1 is 1.56 bits per heavy atom. The highest BCUT2D eigenvalue weighted by atomic mass is 32.2. The third kappa shape index (κ3) is 2.65. The maximum Gasteiger partial charge on any atom is 0.162 e. The molecule has 0 bridgehead atoms. The smallest absolute Gasteiger partial charge is 0.162 e. The highest BCUT2D eigenvalue weighted by molar-refractivity contribution is 8.07. The quantitative estimate of drug-likeness (QED) is 0.919. The van der Waals surface area contributed by atoms with E-state index in [0.717, 1.165) is 17.9 Å². The molecule has 0 spiro atoms. The van der Waals surface area contributed by atoms with Crippen LogP contribution in [-0.4, -0.2) is 44.0 Å². The van der Waals surface area contributed by atoms with Gasteiger partial charge >= 0.3 is 0 Å². The highest BCUT2D eigenvalue weighted by Gasteiger charge is 2.35. The Bertz CT molecular complexity index is 397. The van der Waals surface area contributed by atoms with Gasteiger partial charge in [-0.25, -0.2) is 0 Å². The molecule has 2 rings (SSSR count). The van der Waals surface area contributed by atoms with E-state index in [1.165, 1.54) is 5.75 Å². The second-order valence-corrected chi connectivity index (χ2v) is 6.95. The molecule has 1 aliphatic rings. The number of thioether (sulfide) groups is 2. The first-order valence-corrected chi connectivity index (χ1v) is 8.26. The molecule has 0 amide bonds. The minimum Gasteiger partial charge on any atom is -0.493 e. The second-order valence-electron chi connectivity index (χ2n) is 4.32. The van der Waals surface area contributed by atoms with Crippen molar-refractivity contribution >= 4 is 23.5 Å². The Morgan fingerprint density at radius 3 is 2.94 bits per heavy atom. The number of hydrogen-bond donors (Lipinski definition) is 1. The molecule has 0 radical (unpaired) electrons. The molecule has 102 valence electrons. The lowest BCUT2D eigenvalue weighted by Gasteiger charge is -2.33. The summed E-state index contributed by atoms with van der Waals surface area (Å²) in [5, 5.41) is 15.5. The van der Waals surface area contributed by atoms with Crippen LogP contribution in [0.15, 0.2) is 6.20 Å². The number of aliphatic hydroxyl groups excluding tert-OH is 1. The van der Waals surface area contributed by atoms with Crippen molar-refractivity contribution in [2.24, 2.45) is 7.05 Å². The number of aliphatic hydroxyl groups is 1. The van der Waals surface area contributed by atoms with Gasteiger partial charge in [-0.3, -0.25) is 4.68 Å². The molecular weight excluding hydrogens is 268 g/mol. The summed E-state index contributed by atoms with van der Waals surface area (Å²) in [4.78, 5) is 0. The summed E-state index contributed by atoms with van der Waals surface area (Å²) in [7, 11) is 3.47. The van der Waals surface area contributed by atoms with E-state index in [-0.39, 0.29) is 5.25 Å². The summed E-state index contributed by atoms with van der Waals surface area (Å²) < 4.78 is 7.01. The molecule has 3 atom stereocenters. The number of aromatic nitrogens is 2. The van der Waals surface area contributed by atoms with Crippen LogP contribution in [0.3, 0.4) is 0 Å². The number of aryl methyl sites for hydroxylation is 1. The minimum absolute atomic E-state index is 0.220. The van der Waals surface area contributed by atoms with Gasteiger partial charge < -0.3 is 9.84 Å². The maximum absolute atomic E-state index is 10.7. The van der Waals surface area contributed by atoms with E-state index in [9.17, 15) is 5.11 Å². The van der Waals surface area contributed by atoms with Gasteiger partial charge in [0.25, 0.3) is 0 Å². The van der Waals surface area contributed by atoms with Crippen molar-refractivity contribution in [2.75, 3.05) is 18.6 Å². The van der Waals surface area contributed by atoms with Crippen LogP contribution in [0.2, 0.25) is 0 Å². The predicted octanol–water partition coefficient (Wildman–Crippen LogP) is 2.09. The molecule has 4 nitrogen and oxygen atoms in total. The van der Waals surface area contributed by atoms with Crippen LogP contribution in [-0.2, 0) is 7.05 Å². The van der Waals surface area contributed by atoms with Gasteiger partial charge in [0.05, 0.1) is 13.3 Å². The minimum atomic E-state index is -0.518. The molecule has 1 fully saturated rings. The fourth-order valence-electron chi connectivity index (χ4n) is 2.31. The first-order chi connectivity index (χ1) is 8.69. The maximum atomic E-state index is 10.7. The zero-order valence-electron chi connectivity index (χ0n) is 11.0. The van der Waals surface area contributed by atoms with E-state index < -0.39 is 6.10 Å². The van der Waals surface area contributed by atoms with Gasteiger partial charge in [0.15, 0.2) is 5.75 Å². The number of ether oxygens (including phenoxy) is 1. The first-order valence-electron chi connectivity index (χ1n) is 6.16. The van der Waals surface area contributed by atoms with Crippen molar-refractivity contribution in [1.82, 2.24) is 9.78 Å². The average molecular weight is 288 g/mol. The Kier molecular flexibility index (Phi) is 4.86. The summed E-state index contributed by atoms with van der Waals surface area (Å²) in [6.07, 6.45) is 2.23. The topological polar surface area (TPSA) is 47.3 Å². The van der Waals surface area contributed by atoms with Crippen LogP contribution < -0.4 is 4.74 Å². The standard InChI is InChI=1S/C12H20N2O2S2/c1-4-9-12(18-6-5-17-9)11(15)10-8(16-3)7-13-14(10)2/h7,9,11-12,15H,4-6H2,1-3H3. The summed E-state index contributed by atoms with van der Waals surface area (Å²) in [5.41, 5.74) is 0.788. The molecule has 0 saturated carbocycles. The van der Waals surface area contributed by atoms with Crippen molar-refractivity contribution in [1.29, 1.82) is 0 Å². The Balaban J connectivity index is 2.23. The van der Waals surface area contributed by atoms with Gasteiger partial charge in [-0.2, -0.15) is 28.6 Å². The molecule has 18 heavy (non-hydrogen) atoms. The van der Waals surface area contributed by atoms with Gasteiger partial charge in [0.2, 0.25) is 0 Å². The molecule has 1 saturated heterocycles. The van der Waals surface area contributed by atoms with Gasteiger partial charge in [0.1, 0.15) is 11.8 Å². The molecule has 0 aliphatic carbocycles. The number of nitrogens with zero attached hydrogens (tertiary/aromatic N) is 2. The van der Waals surface area contributed by atoms with Crippen LogP contribution in [0.1, 0.15) is 25.1 Å². The van der Waals surface area contributed by atoms with E-state index in [1.54, 1.807) is 18.0 Å². The lowest BCUT2D eigenvalue weighted by molar-refractivity contribution is 0.158. The van der Waals surface area contributed by atoms with Gasteiger partial charge in [-0.15, -0.1) is 0 Å². The molecule has 1 aliphatic heterocycles. The number of hydrogen-bond acceptors (Lipinski definition) is 5. The predicted molar refractivity (Wildman–Crippen MR) is 77.5 cm³/mol. The summed E-state index contributed by atoms with van der Waals surface area (Å²) in [6, 6.07) is 0. The van der Waals surface area contributed by atoms with E-state index in [2.05, 4.69) is 12.0 Å². The van der Waals surface area contributed by atoms with Crippen molar-refractivity contribution in [3.8, 4) is 5.75 Å². The summed E-state index contributed by atoms with van der Waals surface area (Å²) in [6.45, 7) is 2.18. The molecule has 2 heterocycles. The Morgan fingerprint density at radius 2 is 2.28 bits per heavy atom. The number of rotatable bonds is 4. The summed E-state index contributed by atoms with van der Waals surface area (Å²) >= 11 is 3.83. The van der Waals surface area contributed by atoms with E-state index in [1.807, 2.05) is 30.6 Å². The fraction of sp³-hybridized carbons (Fsp3) is 0.750. The third-order valence-electron chi connectivity index (χ3n) is 3.25. The highest BCUT2D eigenvalue weighted by Crippen LogP contribution is 2.41. The molecule has 3 unspecified atom stereocenters. The normalized spacial score (nSPS) is 26.0. The van der Waals surface area contributed by atoms with Crippen molar-refractivity contribution in [3.63, 3.8) is 0 Å². The van der Waals surface area contributed by atoms with Crippen molar-refractivity contribution in [2.45, 2.75) is 29.9 Å². The largest absolute Gasteiger partial charge is 0.493 e. The number of methoxy groups -OCH3 is 1. The van der Waals surface area contributed by atoms with E-state index in [0.29, 0.717) is 11.0 Å². The Hall–Kier alpha value is -0.330.